The fourth-order valence-electron chi connectivity index (χ4n) is 13.3. The Balaban J connectivity index is 0.693. The molecule has 2 aliphatic carbocycles. The van der Waals surface area contributed by atoms with E-state index < -0.39 is 114 Å². The molecular weight excluding hydrogens is 1400 g/mol. The van der Waals surface area contributed by atoms with Crippen molar-refractivity contribution in [3.8, 4) is 11.4 Å². The average molecular weight is 1500 g/mol. The number of pyridine rings is 2. The van der Waals surface area contributed by atoms with E-state index in [1.807, 2.05) is 6.08 Å². The summed E-state index contributed by atoms with van der Waals surface area (Å²) in [5.41, 5.74) is 7.82. The van der Waals surface area contributed by atoms with Crippen LogP contribution < -0.4 is 53.8 Å². The normalized spacial score (nSPS) is 17.5. The molecule has 0 radical (unpaired) electrons. The van der Waals surface area contributed by atoms with Gasteiger partial charge in [0.25, 0.3) is 5.56 Å². The highest BCUT2D eigenvalue weighted by Gasteiger charge is 2.49. The highest BCUT2D eigenvalue weighted by Crippen LogP contribution is 2.46. The average Bonchev–Trinajstić information content (AvgIpc) is 1.50. The van der Waals surface area contributed by atoms with Crippen molar-refractivity contribution in [1.29, 1.82) is 0 Å². The molecule has 11 N–H and O–H groups in total. The third-order valence-corrected chi connectivity index (χ3v) is 19.2. The Bertz CT molecular complexity index is 4080. The summed E-state index contributed by atoms with van der Waals surface area (Å²) in [4.78, 5) is 137. The number of hydrogen-bond acceptors (Lipinski definition) is 20. The molecule has 0 spiro atoms. The molecule has 584 valence electrons. The third-order valence-electron chi connectivity index (χ3n) is 19.2. The summed E-state index contributed by atoms with van der Waals surface area (Å²) in [6.07, 6.45) is 9.63. The van der Waals surface area contributed by atoms with Crippen LogP contribution in [0.15, 0.2) is 83.7 Å². The van der Waals surface area contributed by atoms with Gasteiger partial charge in [-0.1, -0.05) is 95.2 Å². The van der Waals surface area contributed by atoms with E-state index in [1.54, 1.807) is 95.3 Å². The standard InChI is InChI=1S/C77H100FN11O19/c1-46(2)68(88-63(90)26-29-101-31-33-103-35-36-104-34-32-102-30-28-80-64(91)44-106-52-17-12-7-6-8-13-18-52)72(95)86-59(19-14-27-81-75(79)98)71(94)83-51-22-20-50(21-23-51)41-108-76(99)87-61(37-49-15-10-9-11-16-49)70(93)82-45-105-43-65(92)84-58-25-24-53-48(5)57(78)39-60-66(53)67(58)54-40-89-62(69(54)85-60)38-56-55(73(89)96)42-107-74(97)77(56,100)47(3)4/h9-12,15-17,20-23,38-39,46-47,52,58-59,61,68,100H,6-8,13-14,18-19,24-37,40-45H2,1-5H3,(H,80,91)(H,82,93)(H,83,94)(H,84,92)(H,86,95)(H,87,99)(H,88,90)(H3,79,81,98)/b17-12-/t52?,58-,59-,61-,68-,77-/m0/s1. The molecule has 2 aliphatic heterocycles. The number of carbonyl (C=O) groups is 9. The van der Waals surface area contributed by atoms with Gasteiger partial charge in [0.05, 0.1) is 94.0 Å². The molecule has 31 heteroatoms. The molecule has 3 aromatic carbocycles. The number of halogens is 1. The van der Waals surface area contributed by atoms with E-state index in [4.69, 9.17) is 48.6 Å². The first-order chi connectivity index (χ1) is 52.0. The van der Waals surface area contributed by atoms with Crippen LogP contribution in [0.4, 0.5) is 19.7 Å². The first kappa shape index (κ1) is 82.3. The molecule has 108 heavy (non-hydrogen) atoms. The van der Waals surface area contributed by atoms with Crippen LogP contribution in [-0.4, -0.2) is 178 Å². The molecular formula is C77H100FN11O19. The van der Waals surface area contributed by atoms with Gasteiger partial charge in [0, 0.05) is 54.2 Å². The van der Waals surface area contributed by atoms with Crippen molar-refractivity contribution in [1.82, 2.24) is 46.8 Å². The number of cyclic esters (lactones) is 1. The maximum atomic E-state index is 15.6. The molecule has 2 aromatic heterocycles. The quantitative estimate of drug-likeness (QED) is 0.0105. The molecule has 30 nitrogen and oxygen atoms in total. The number of allylic oxidation sites excluding steroid dienone is 1. The monoisotopic (exact) mass is 1500 g/mol. The number of alkyl carbamates (subject to hydrolysis) is 1. The van der Waals surface area contributed by atoms with Crippen molar-refractivity contribution >= 4 is 70.1 Å². The van der Waals surface area contributed by atoms with Gasteiger partial charge in [-0.3, -0.25) is 33.6 Å². The number of anilines is 1. The number of hydrogen-bond donors (Lipinski definition) is 10. The number of fused-ring (bicyclic) bond motifs is 5. The number of nitrogens with two attached hydrogens (primary N) is 1. The fourth-order valence-corrected chi connectivity index (χ4v) is 13.3. The molecule has 0 saturated carbocycles. The molecule has 4 heterocycles. The highest BCUT2D eigenvalue weighted by molar-refractivity contribution is 5.99. The minimum atomic E-state index is -2.11. The van der Waals surface area contributed by atoms with Gasteiger partial charge in [0.2, 0.25) is 35.4 Å². The van der Waals surface area contributed by atoms with E-state index in [0.29, 0.717) is 108 Å². The Morgan fingerprint density at radius 2 is 1.45 bits per heavy atom. The number of ether oxygens (including phenoxy) is 8. The van der Waals surface area contributed by atoms with Crippen LogP contribution >= 0.6 is 0 Å². The van der Waals surface area contributed by atoms with Gasteiger partial charge in [0.15, 0.2) is 5.60 Å². The summed E-state index contributed by atoms with van der Waals surface area (Å²) in [6, 6.07) is 13.3. The number of nitrogens with one attached hydrogen (secondary N) is 8. The zero-order chi connectivity index (χ0) is 77.3. The molecule has 9 rings (SSSR count). The molecule has 6 atom stereocenters. The predicted octanol–water partition coefficient (Wildman–Crippen LogP) is 5.00. The number of amides is 9. The summed E-state index contributed by atoms with van der Waals surface area (Å²) < 4.78 is 61.5. The van der Waals surface area contributed by atoms with Crippen molar-refractivity contribution < 1.29 is 90.5 Å². The van der Waals surface area contributed by atoms with Crippen LogP contribution in [0.5, 0.6) is 0 Å². The summed E-state index contributed by atoms with van der Waals surface area (Å²) in [6.45, 7) is 9.59. The second-order valence-corrected chi connectivity index (χ2v) is 27.6. The number of aryl methyl sites for hydroxylation is 1. The van der Waals surface area contributed by atoms with Crippen LogP contribution in [0.3, 0.4) is 0 Å². The second-order valence-electron chi connectivity index (χ2n) is 27.6. The molecule has 4 aliphatic rings. The van der Waals surface area contributed by atoms with Gasteiger partial charge >= 0.3 is 18.1 Å². The lowest BCUT2D eigenvalue weighted by Gasteiger charge is -2.35. The number of aliphatic hydroxyl groups is 1. The summed E-state index contributed by atoms with van der Waals surface area (Å²) >= 11 is 0. The van der Waals surface area contributed by atoms with Gasteiger partial charge < -0.3 is 95.8 Å². The zero-order valence-corrected chi connectivity index (χ0v) is 61.8. The predicted molar refractivity (Wildman–Crippen MR) is 393 cm³/mol. The van der Waals surface area contributed by atoms with Gasteiger partial charge in [-0.15, -0.1) is 0 Å². The smallest absolute Gasteiger partial charge is 0.408 e. The Morgan fingerprint density at radius 3 is 2.17 bits per heavy atom. The topological polar surface area (TPSA) is 405 Å². The summed E-state index contributed by atoms with van der Waals surface area (Å²) in [5, 5.41) is 34.2. The van der Waals surface area contributed by atoms with E-state index in [9.17, 15) is 53.1 Å². The number of esters is 1. The van der Waals surface area contributed by atoms with Gasteiger partial charge in [-0.25, -0.2) is 23.8 Å². The Labute approximate surface area is 625 Å². The Kier molecular flexibility index (Phi) is 30.8. The number of rotatable bonds is 40. The molecule has 9 amide bonds. The second kappa shape index (κ2) is 40.4. The summed E-state index contributed by atoms with van der Waals surface area (Å²) in [5.74, 6) is -5.48. The van der Waals surface area contributed by atoms with Crippen LogP contribution in [0.2, 0.25) is 0 Å². The number of carbonyl (C=O) groups excluding carboxylic acids is 9. The number of benzene rings is 3. The van der Waals surface area contributed by atoms with Crippen molar-refractivity contribution in [2.75, 3.05) is 91.2 Å². The van der Waals surface area contributed by atoms with E-state index in [2.05, 4.69) is 48.6 Å². The van der Waals surface area contributed by atoms with Crippen LogP contribution in [0.25, 0.3) is 22.3 Å². The van der Waals surface area contributed by atoms with Crippen molar-refractivity contribution in [2.45, 2.75) is 161 Å². The summed E-state index contributed by atoms with van der Waals surface area (Å²) in [7, 11) is 0. The first-order valence-electron chi connectivity index (χ1n) is 36.8. The number of nitrogens with zero attached hydrogens (tertiary/aromatic N) is 2. The molecule has 1 unspecified atom stereocenters. The van der Waals surface area contributed by atoms with Crippen molar-refractivity contribution in [3.63, 3.8) is 0 Å². The molecule has 0 bridgehead atoms. The van der Waals surface area contributed by atoms with E-state index in [-0.39, 0.29) is 102 Å². The lowest BCUT2D eigenvalue weighted by Crippen LogP contribution is -2.54. The van der Waals surface area contributed by atoms with Gasteiger partial charge in [0.1, 0.15) is 57.1 Å². The number of urea groups is 1. The Hall–Kier alpha value is -9.76. The molecule has 5 aromatic rings. The van der Waals surface area contributed by atoms with Gasteiger partial charge in [-0.2, -0.15) is 0 Å². The number of primary amides is 1. The minimum absolute atomic E-state index is 0.00903. The lowest BCUT2D eigenvalue weighted by molar-refractivity contribution is -0.177. The fraction of sp³-hybridized carbons (Fsp3) is 0.519. The van der Waals surface area contributed by atoms with E-state index in [1.165, 1.54) is 23.5 Å². The van der Waals surface area contributed by atoms with Crippen LogP contribution in [-0.2, 0) is 110 Å². The van der Waals surface area contributed by atoms with Crippen molar-refractivity contribution in [3.05, 3.63) is 140 Å². The highest BCUT2D eigenvalue weighted by atomic mass is 19.1. The number of aromatic nitrogens is 2. The first-order valence-corrected chi connectivity index (χ1v) is 36.8. The van der Waals surface area contributed by atoms with Gasteiger partial charge in [-0.05, 0) is 110 Å². The Morgan fingerprint density at radius 1 is 0.731 bits per heavy atom. The van der Waals surface area contributed by atoms with Crippen LogP contribution in [0.1, 0.15) is 136 Å². The maximum absolute atomic E-state index is 15.6. The SMILES string of the molecule is Cc1c(F)cc2nc3c(c4c2c1CC[C@@H]4NC(=O)COCNC(=O)[C@H](Cc1ccccc1)NC(=O)OCc1ccc(NC(=O)[C@H](CCCNC(N)=O)NC(=O)[C@@H](NC(=O)CCOCCOCCOCCOCCNC(=O)COC2/C=C\CCCCC2)C(C)C)cc1)Cn1c-3cc2c(c1=O)COC(=O)[C@]2(O)C(C)C. The van der Waals surface area contributed by atoms with Crippen molar-refractivity contribution in [2.24, 2.45) is 17.6 Å². The minimum Gasteiger partial charge on any atom is -0.458 e. The zero-order valence-electron chi connectivity index (χ0n) is 61.8. The maximum Gasteiger partial charge on any atom is 0.408 e. The molecule has 0 fully saturated rings. The molecule has 0 saturated heterocycles. The van der Waals surface area contributed by atoms with Crippen LogP contribution in [0, 0.1) is 24.6 Å². The largest absolute Gasteiger partial charge is 0.458 e. The third kappa shape index (κ3) is 22.7. The van der Waals surface area contributed by atoms with E-state index in [0.717, 1.165) is 24.8 Å². The lowest BCUT2D eigenvalue weighted by atomic mass is 9.79. The van der Waals surface area contributed by atoms with E-state index >= 15 is 4.39 Å².